The number of nitrogens with one attached hydrogen (secondary N) is 1. The van der Waals surface area contributed by atoms with Gasteiger partial charge < -0.3 is 10.2 Å². The number of hydrogen-bond donors (Lipinski definition) is 1. The summed E-state index contributed by atoms with van der Waals surface area (Å²) in [6.07, 6.45) is 0. The van der Waals surface area contributed by atoms with Gasteiger partial charge in [-0.3, -0.25) is 9.59 Å². The summed E-state index contributed by atoms with van der Waals surface area (Å²) in [5.74, 6) is -1.06. The lowest BCUT2D eigenvalue weighted by Gasteiger charge is -2.26. The maximum atomic E-state index is 13.8. The maximum Gasteiger partial charge on any atom is 0.251 e. The lowest BCUT2D eigenvalue weighted by Crippen LogP contribution is -2.48. The first-order valence-corrected chi connectivity index (χ1v) is 9.89. The highest BCUT2D eigenvalue weighted by molar-refractivity contribution is 6.30. The van der Waals surface area contributed by atoms with Crippen LogP contribution in [0.4, 0.5) is 10.1 Å². The smallest absolute Gasteiger partial charge is 0.251 e. The highest BCUT2D eigenvalue weighted by Gasteiger charge is 2.23. The first kappa shape index (κ1) is 22.4. The van der Waals surface area contributed by atoms with Gasteiger partial charge in [-0.15, -0.1) is 10.2 Å². The van der Waals surface area contributed by atoms with Gasteiger partial charge in [-0.25, -0.2) is 4.39 Å². The predicted octanol–water partition coefficient (Wildman–Crippen LogP) is 3.08. The molecule has 10 heteroatoms. The van der Waals surface area contributed by atoms with Crippen molar-refractivity contribution in [2.45, 2.75) is 32.9 Å². The summed E-state index contributed by atoms with van der Waals surface area (Å²) < 4.78 is 13.8. The van der Waals surface area contributed by atoms with E-state index in [1.54, 1.807) is 30.3 Å². The number of amides is 2. The molecule has 0 spiro atoms. The number of anilines is 1. The van der Waals surface area contributed by atoms with Crippen LogP contribution in [-0.2, 0) is 16.1 Å². The Balaban J connectivity index is 1.80. The Kier molecular flexibility index (Phi) is 6.65. The average Bonchev–Trinajstić information content (AvgIpc) is 3.13. The van der Waals surface area contributed by atoms with E-state index < -0.39 is 17.3 Å². The Hall–Kier alpha value is -3.33. The third-order valence-corrected chi connectivity index (χ3v) is 4.32. The summed E-state index contributed by atoms with van der Waals surface area (Å²) in [5, 5.41) is 15.4. The van der Waals surface area contributed by atoms with Crippen LogP contribution in [0.15, 0.2) is 48.5 Å². The molecule has 3 rings (SSSR count). The molecular formula is C21H22ClFN6O2. The van der Waals surface area contributed by atoms with E-state index in [4.69, 9.17) is 11.6 Å². The van der Waals surface area contributed by atoms with E-state index in [0.717, 1.165) is 4.80 Å². The van der Waals surface area contributed by atoms with Gasteiger partial charge in [0.25, 0.3) is 5.91 Å². The second-order valence-corrected chi connectivity index (χ2v) is 8.34. The number of rotatable bonds is 6. The van der Waals surface area contributed by atoms with Crippen molar-refractivity contribution in [3.05, 3.63) is 59.4 Å². The average molecular weight is 445 g/mol. The predicted molar refractivity (Wildman–Crippen MR) is 115 cm³/mol. The SMILES string of the molecule is CC(C)(C)NC(=O)CN(C(=O)Cn1nnc(-c2ccc(Cl)cc2)n1)c1cccc(F)c1. The molecule has 0 radical (unpaired) electrons. The van der Waals surface area contributed by atoms with Crippen LogP contribution in [0.25, 0.3) is 11.4 Å². The third-order valence-electron chi connectivity index (χ3n) is 4.07. The molecule has 2 amide bonds. The first-order valence-electron chi connectivity index (χ1n) is 9.51. The van der Waals surface area contributed by atoms with Gasteiger partial charge in [0.15, 0.2) is 0 Å². The highest BCUT2D eigenvalue weighted by Crippen LogP contribution is 2.18. The van der Waals surface area contributed by atoms with Gasteiger partial charge in [-0.1, -0.05) is 17.7 Å². The second-order valence-electron chi connectivity index (χ2n) is 7.91. The minimum absolute atomic E-state index is 0.257. The number of tetrazole rings is 1. The summed E-state index contributed by atoms with van der Waals surface area (Å²) in [4.78, 5) is 27.7. The summed E-state index contributed by atoms with van der Waals surface area (Å²) in [7, 11) is 0. The molecule has 0 bridgehead atoms. The van der Waals surface area contributed by atoms with Crippen LogP contribution in [0.2, 0.25) is 5.02 Å². The van der Waals surface area contributed by atoms with Crippen molar-refractivity contribution in [2.75, 3.05) is 11.4 Å². The number of carbonyl (C=O) groups excluding carboxylic acids is 2. The van der Waals surface area contributed by atoms with Crippen molar-refractivity contribution in [2.24, 2.45) is 0 Å². The van der Waals surface area contributed by atoms with Crippen LogP contribution < -0.4 is 10.2 Å². The Bertz CT molecular complexity index is 1080. The number of benzene rings is 2. The summed E-state index contributed by atoms with van der Waals surface area (Å²) in [5.41, 5.74) is 0.469. The molecule has 0 aliphatic carbocycles. The molecule has 2 aromatic carbocycles. The zero-order valence-corrected chi connectivity index (χ0v) is 18.1. The Morgan fingerprint density at radius 2 is 1.87 bits per heavy atom. The van der Waals surface area contributed by atoms with E-state index in [2.05, 4.69) is 20.7 Å². The standard InChI is InChI=1S/C21H22ClFN6O2/c1-21(2,3)24-18(30)12-28(17-6-4-5-16(23)11-17)19(31)13-29-26-20(25-27-29)14-7-9-15(22)10-8-14/h4-11H,12-13H2,1-3H3,(H,24,30). The van der Waals surface area contributed by atoms with E-state index in [0.29, 0.717) is 16.4 Å². The van der Waals surface area contributed by atoms with Gasteiger partial charge in [0, 0.05) is 21.8 Å². The van der Waals surface area contributed by atoms with E-state index in [9.17, 15) is 14.0 Å². The molecule has 162 valence electrons. The van der Waals surface area contributed by atoms with Crippen LogP contribution in [0.3, 0.4) is 0 Å². The number of halogens is 2. The molecule has 0 atom stereocenters. The molecule has 1 heterocycles. The normalized spacial score (nSPS) is 11.3. The minimum atomic E-state index is -0.518. The molecule has 1 N–H and O–H groups in total. The molecule has 8 nitrogen and oxygen atoms in total. The van der Waals surface area contributed by atoms with Crippen LogP contribution in [0, 0.1) is 5.82 Å². The second kappa shape index (κ2) is 9.22. The van der Waals surface area contributed by atoms with Crippen molar-refractivity contribution >= 4 is 29.1 Å². The zero-order chi connectivity index (χ0) is 22.6. The van der Waals surface area contributed by atoms with Crippen LogP contribution >= 0.6 is 11.6 Å². The van der Waals surface area contributed by atoms with E-state index >= 15 is 0 Å². The van der Waals surface area contributed by atoms with Crippen molar-refractivity contribution in [3.8, 4) is 11.4 Å². The Morgan fingerprint density at radius 1 is 1.16 bits per heavy atom. The van der Waals surface area contributed by atoms with Gasteiger partial charge in [0.1, 0.15) is 18.9 Å². The number of nitrogens with zero attached hydrogens (tertiary/aromatic N) is 5. The van der Waals surface area contributed by atoms with Crippen molar-refractivity contribution in [3.63, 3.8) is 0 Å². The molecule has 0 fully saturated rings. The summed E-state index contributed by atoms with van der Waals surface area (Å²) >= 11 is 5.89. The largest absolute Gasteiger partial charge is 0.350 e. The minimum Gasteiger partial charge on any atom is -0.350 e. The molecular weight excluding hydrogens is 423 g/mol. The summed E-state index contributed by atoms with van der Waals surface area (Å²) in [6.45, 7) is 4.93. The van der Waals surface area contributed by atoms with E-state index in [1.165, 1.54) is 23.1 Å². The fourth-order valence-electron chi connectivity index (χ4n) is 2.80. The zero-order valence-electron chi connectivity index (χ0n) is 17.3. The molecule has 0 saturated heterocycles. The molecule has 3 aromatic rings. The number of hydrogen-bond acceptors (Lipinski definition) is 5. The van der Waals surface area contributed by atoms with Gasteiger partial charge in [0.05, 0.1) is 0 Å². The lowest BCUT2D eigenvalue weighted by atomic mass is 10.1. The fraction of sp³-hybridized carbons (Fsp3) is 0.286. The topological polar surface area (TPSA) is 93.0 Å². The summed E-state index contributed by atoms with van der Waals surface area (Å²) in [6, 6.07) is 12.3. The maximum absolute atomic E-state index is 13.8. The number of carbonyl (C=O) groups is 2. The molecule has 1 aromatic heterocycles. The molecule has 0 unspecified atom stereocenters. The Morgan fingerprint density at radius 3 is 2.52 bits per heavy atom. The molecule has 31 heavy (non-hydrogen) atoms. The van der Waals surface area contributed by atoms with Crippen LogP contribution in [-0.4, -0.2) is 44.1 Å². The fourth-order valence-corrected chi connectivity index (χ4v) is 2.93. The highest BCUT2D eigenvalue weighted by atomic mass is 35.5. The van der Waals surface area contributed by atoms with Gasteiger partial charge in [0.2, 0.25) is 11.7 Å². The molecule has 0 saturated carbocycles. The number of aromatic nitrogens is 4. The van der Waals surface area contributed by atoms with Crippen molar-refractivity contribution in [1.29, 1.82) is 0 Å². The van der Waals surface area contributed by atoms with Gasteiger partial charge in [-0.2, -0.15) is 4.80 Å². The van der Waals surface area contributed by atoms with Crippen LogP contribution in [0.1, 0.15) is 20.8 Å². The molecule has 0 aliphatic heterocycles. The van der Waals surface area contributed by atoms with E-state index in [1.807, 2.05) is 20.8 Å². The van der Waals surface area contributed by atoms with Gasteiger partial charge in [-0.05, 0) is 68.4 Å². The van der Waals surface area contributed by atoms with Crippen molar-refractivity contribution in [1.82, 2.24) is 25.5 Å². The monoisotopic (exact) mass is 444 g/mol. The molecule has 0 aliphatic rings. The van der Waals surface area contributed by atoms with Gasteiger partial charge >= 0.3 is 0 Å². The van der Waals surface area contributed by atoms with Crippen molar-refractivity contribution < 1.29 is 14.0 Å². The lowest BCUT2D eigenvalue weighted by molar-refractivity contribution is -0.125. The quantitative estimate of drug-likeness (QED) is 0.630. The van der Waals surface area contributed by atoms with E-state index in [-0.39, 0.29) is 24.7 Å². The van der Waals surface area contributed by atoms with Crippen LogP contribution in [0.5, 0.6) is 0 Å². The first-order chi connectivity index (χ1) is 14.6. The Labute approximate surface area is 184 Å². The third kappa shape index (κ3) is 6.32.